The number of benzene rings is 1. The molecule has 1 amide bonds. The maximum absolute atomic E-state index is 12.7. The number of carbonyl (C=O) groups is 2. The molecule has 0 radical (unpaired) electrons. The van der Waals surface area contributed by atoms with Gasteiger partial charge in [-0.15, -0.1) is 0 Å². The fourth-order valence-corrected chi connectivity index (χ4v) is 2.36. The molecule has 1 aromatic carbocycles. The topological polar surface area (TPSA) is 79.3 Å². The smallest absolute Gasteiger partial charge is 0.416 e. The van der Waals surface area contributed by atoms with Crippen LogP contribution in [-0.2, 0) is 28.6 Å². The zero-order valence-corrected chi connectivity index (χ0v) is 14.0. The van der Waals surface area contributed by atoms with Crippen LogP contribution >= 0.6 is 11.6 Å². The van der Waals surface area contributed by atoms with E-state index in [4.69, 9.17) is 11.6 Å². The number of nitrogens with one attached hydrogen (secondary N) is 1. The molecule has 0 unspecified atom stereocenters. The van der Waals surface area contributed by atoms with Crippen LogP contribution in [0, 0.1) is 0 Å². The molecule has 0 aliphatic heterocycles. The average Bonchev–Trinajstić information content (AvgIpc) is 2.55. The maximum atomic E-state index is 12.7. The Morgan fingerprint density at radius 1 is 1.19 bits per heavy atom. The van der Waals surface area contributed by atoms with Gasteiger partial charge in [-0.05, 0) is 23.3 Å². The second-order valence-electron chi connectivity index (χ2n) is 5.53. The molecule has 0 fully saturated rings. The Morgan fingerprint density at radius 3 is 2.50 bits per heavy atom. The number of hydrogen-bond acceptors (Lipinski definition) is 3. The predicted octanol–water partition coefficient (Wildman–Crippen LogP) is 3.11. The van der Waals surface area contributed by atoms with Gasteiger partial charge >= 0.3 is 12.1 Å². The first-order valence-corrected chi connectivity index (χ1v) is 7.81. The number of nitrogens with zero attached hydrogens (tertiary/aromatic N) is 1. The van der Waals surface area contributed by atoms with Crippen molar-refractivity contribution in [1.82, 2.24) is 10.3 Å². The number of pyridine rings is 1. The van der Waals surface area contributed by atoms with Gasteiger partial charge < -0.3 is 10.4 Å². The fourth-order valence-electron chi connectivity index (χ4n) is 2.25. The third kappa shape index (κ3) is 5.73. The van der Waals surface area contributed by atoms with Gasteiger partial charge in [0.25, 0.3) is 0 Å². The minimum Gasteiger partial charge on any atom is -0.480 e. The molecule has 0 bridgehead atoms. The van der Waals surface area contributed by atoms with Crippen LogP contribution in [0.15, 0.2) is 42.6 Å². The van der Waals surface area contributed by atoms with E-state index in [1.807, 2.05) is 0 Å². The quantitative estimate of drug-likeness (QED) is 0.748. The largest absolute Gasteiger partial charge is 0.480 e. The van der Waals surface area contributed by atoms with Crippen LogP contribution in [0.1, 0.15) is 16.7 Å². The van der Waals surface area contributed by atoms with E-state index >= 15 is 0 Å². The molecule has 5 nitrogen and oxygen atoms in total. The van der Waals surface area contributed by atoms with Crippen molar-refractivity contribution in [3.8, 4) is 0 Å². The molecular formula is C17H14ClF3N2O3. The van der Waals surface area contributed by atoms with Gasteiger partial charge in [0, 0.05) is 12.6 Å². The highest BCUT2D eigenvalue weighted by Gasteiger charge is 2.30. The number of halogens is 4. The van der Waals surface area contributed by atoms with E-state index in [0.29, 0.717) is 5.56 Å². The van der Waals surface area contributed by atoms with Gasteiger partial charge in [0.05, 0.1) is 12.0 Å². The molecule has 1 atom stereocenters. The van der Waals surface area contributed by atoms with E-state index in [9.17, 15) is 27.9 Å². The van der Waals surface area contributed by atoms with Crippen molar-refractivity contribution in [2.75, 3.05) is 0 Å². The maximum Gasteiger partial charge on any atom is 0.416 e. The second kappa shape index (κ2) is 8.18. The summed E-state index contributed by atoms with van der Waals surface area (Å²) in [6, 6.07) is 6.14. The van der Waals surface area contributed by atoms with Crippen LogP contribution in [0.3, 0.4) is 0 Å². The SMILES string of the molecule is O=C(Cc1cccc(C(F)(F)F)c1)N[C@H](Cc1ccc(Cl)nc1)C(=O)O. The molecule has 1 heterocycles. The first-order valence-electron chi connectivity index (χ1n) is 7.44. The molecule has 138 valence electrons. The number of aromatic nitrogens is 1. The lowest BCUT2D eigenvalue weighted by Gasteiger charge is -2.15. The number of carbonyl (C=O) groups excluding carboxylic acids is 1. The fraction of sp³-hybridized carbons (Fsp3) is 0.235. The Hall–Kier alpha value is -2.61. The number of rotatable bonds is 6. The Bertz CT molecular complexity index is 795. The van der Waals surface area contributed by atoms with E-state index in [2.05, 4.69) is 10.3 Å². The summed E-state index contributed by atoms with van der Waals surface area (Å²) < 4.78 is 38.1. The number of alkyl halides is 3. The molecule has 0 aliphatic rings. The molecule has 0 saturated carbocycles. The molecular weight excluding hydrogens is 373 g/mol. The van der Waals surface area contributed by atoms with Gasteiger partial charge in [-0.3, -0.25) is 4.79 Å². The molecule has 2 rings (SSSR count). The van der Waals surface area contributed by atoms with Gasteiger partial charge in [0.1, 0.15) is 11.2 Å². The molecule has 26 heavy (non-hydrogen) atoms. The van der Waals surface area contributed by atoms with Crippen molar-refractivity contribution in [1.29, 1.82) is 0 Å². The molecule has 1 aromatic heterocycles. The highest BCUT2D eigenvalue weighted by Crippen LogP contribution is 2.29. The monoisotopic (exact) mass is 386 g/mol. The summed E-state index contributed by atoms with van der Waals surface area (Å²) in [5, 5.41) is 11.8. The van der Waals surface area contributed by atoms with Gasteiger partial charge in [0.2, 0.25) is 5.91 Å². The zero-order valence-electron chi connectivity index (χ0n) is 13.3. The van der Waals surface area contributed by atoms with Crippen molar-refractivity contribution in [3.05, 3.63) is 64.4 Å². The first kappa shape index (κ1) is 19.7. The number of aliphatic carboxylic acids is 1. The van der Waals surface area contributed by atoms with E-state index < -0.39 is 29.7 Å². The normalized spacial score (nSPS) is 12.5. The summed E-state index contributed by atoms with van der Waals surface area (Å²) in [6.45, 7) is 0. The summed E-state index contributed by atoms with van der Waals surface area (Å²) in [7, 11) is 0. The van der Waals surface area contributed by atoms with Gasteiger partial charge in [-0.1, -0.05) is 35.9 Å². The Morgan fingerprint density at radius 2 is 1.92 bits per heavy atom. The Labute approximate surface area is 151 Å². The number of amides is 1. The van der Waals surface area contributed by atoms with Crippen LogP contribution in [0.5, 0.6) is 0 Å². The van der Waals surface area contributed by atoms with Crippen LogP contribution in [0.25, 0.3) is 0 Å². The van der Waals surface area contributed by atoms with Crippen molar-refractivity contribution in [2.45, 2.75) is 25.1 Å². The van der Waals surface area contributed by atoms with E-state index in [-0.39, 0.29) is 23.6 Å². The number of carboxylic acids is 1. The molecule has 2 N–H and O–H groups in total. The third-order valence-electron chi connectivity index (χ3n) is 3.48. The number of hydrogen-bond donors (Lipinski definition) is 2. The predicted molar refractivity (Wildman–Crippen MR) is 87.7 cm³/mol. The van der Waals surface area contributed by atoms with Crippen LogP contribution in [0.2, 0.25) is 5.15 Å². The highest BCUT2D eigenvalue weighted by atomic mass is 35.5. The van der Waals surface area contributed by atoms with Crippen molar-refractivity contribution in [2.24, 2.45) is 0 Å². The lowest BCUT2D eigenvalue weighted by atomic mass is 10.1. The van der Waals surface area contributed by atoms with Gasteiger partial charge in [-0.2, -0.15) is 13.2 Å². The molecule has 0 spiro atoms. The van der Waals surface area contributed by atoms with Gasteiger partial charge in [-0.25, -0.2) is 9.78 Å². The van der Waals surface area contributed by atoms with Crippen LogP contribution in [-0.4, -0.2) is 28.0 Å². The summed E-state index contributed by atoms with van der Waals surface area (Å²) in [5.41, 5.74) is -0.194. The standard InChI is InChI=1S/C17H14ClF3N2O3/c18-14-5-4-11(9-22-14)7-13(16(25)26)23-15(24)8-10-2-1-3-12(6-10)17(19,20)21/h1-6,9,13H,7-8H2,(H,23,24)(H,25,26)/t13-/m1/s1. The van der Waals surface area contributed by atoms with Gasteiger partial charge in [0.15, 0.2) is 0 Å². The van der Waals surface area contributed by atoms with Crippen molar-refractivity contribution >= 4 is 23.5 Å². The molecule has 2 aromatic rings. The summed E-state index contributed by atoms with van der Waals surface area (Å²) in [6.07, 6.45) is -3.53. The average molecular weight is 387 g/mol. The van der Waals surface area contributed by atoms with Crippen molar-refractivity contribution < 1.29 is 27.9 Å². The minimum atomic E-state index is -4.52. The van der Waals surface area contributed by atoms with E-state index in [1.165, 1.54) is 24.4 Å². The summed E-state index contributed by atoms with van der Waals surface area (Å²) in [5.74, 6) is -1.96. The second-order valence-corrected chi connectivity index (χ2v) is 5.91. The molecule has 9 heteroatoms. The Balaban J connectivity index is 2.04. The summed E-state index contributed by atoms with van der Waals surface area (Å²) in [4.78, 5) is 27.2. The van der Waals surface area contributed by atoms with Crippen LogP contribution < -0.4 is 5.32 Å². The van der Waals surface area contributed by atoms with Crippen molar-refractivity contribution in [3.63, 3.8) is 0 Å². The van der Waals surface area contributed by atoms with E-state index in [0.717, 1.165) is 12.1 Å². The highest BCUT2D eigenvalue weighted by molar-refractivity contribution is 6.29. The summed E-state index contributed by atoms with van der Waals surface area (Å²) >= 11 is 5.65. The first-order chi connectivity index (χ1) is 12.1. The van der Waals surface area contributed by atoms with E-state index in [1.54, 1.807) is 6.07 Å². The Kier molecular flexibility index (Phi) is 6.20. The zero-order chi connectivity index (χ0) is 19.3. The number of carboxylic acid groups (broad SMARTS) is 1. The minimum absolute atomic E-state index is 0.0339. The third-order valence-corrected chi connectivity index (χ3v) is 3.70. The molecule has 0 saturated heterocycles. The molecule has 0 aliphatic carbocycles. The van der Waals surface area contributed by atoms with Crippen LogP contribution in [0.4, 0.5) is 13.2 Å². The lowest BCUT2D eigenvalue weighted by Crippen LogP contribution is -2.43. The lowest BCUT2D eigenvalue weighted by molar-refractivity contribution is -0.141.